The summed E-state index contributed by atoms with van der Waals surface area (Å²) >= 11 is 0. The van der Waals surface area contributed by atoms with E-state index in [0.29, 0.717) is 31.6 Å². The summed E-state index contributed by atoms with van der Waals surface area (Å²) in [5, 5.41) is 12.4. The van der Waals surface area contributed by atoms with Crippen LogP contribution in [0.4, 0.5) is 17.6 Å². The smallest absolute Gasteiger partial charge is 0.275 e. The molecule has 2 amide bonds. The predicted molar refractivity (Wildman–Crippen MR) is 142 cm³/mol. The minimum Gasteiger partial charge on any atom is -0.352 e. The fraction of sp³-hybridized carbons (Fsp3) is 0.607. The molecule has 1 unspecified atom stereocenters. The Labute approximate surface area is 235 Å². The Kier molecular flexibility index (Phi) is 9.98. The Morgan fingerprint density at radius 1 is 1.02 bits per heavy atom. The first-order valence-corrected chi connectivity index (χ1v) is 14.0. The van der Waals surface area contributed by atoms with Gasteiger partial charge in [-0.15, -0.1) is 0 Å². The molecule has 0 aliphatic heterocycles. The number of aryl methyl sites for hydroxylation is 1. The molecule has 41 heavy (non-hydrogen) atoms. The van der Waals surface area contributed by atoms with E-state index >= 15 is 0 Å². The molecule has 0 saturated heterocycles. The van der Waals surface area contributed by atoms with Crippen molar-refractivity contribution in [1.29, 1.82) is 0 Å². The van der Waals surface area contributed by atoms with Crippen molar-refractivity contribution in [3.05, 3.63) is 41.5 Å². The van der Waals surface area contributed by atoms with Crippen molar-refractivity contribution in [1.82, 2.24) is 30.9 Å². The van der Waals surface area contributed by atoms with Gasteiger partial charge in [0, 0.05) is 45.2 Å². The van der Waals surface area contributed by atoms with Gasteiger partial charge in [-0.05, 0) is 54.5 Å². The number of hydrogen-bond donors (Lipinski definition) is 3. The molecule has 1 atom stereocenters. The van der Waals surface area contributed by atoms with E-state index in [1.165, 1.54) is 19.3 Å². The van der Waals surface area contributed by atoms with Crippen LogP contribution in [0.15, 0.2) is 29.2 Å². The molecule has 6 rings (SSSR count). The predicted octanol–water partition coefficient (Wildman–Crippen LogP) is 5.72. The number of aromatic amines is 1. The second-order valence-electron chi connectivity index (χ2n) is 11.1. The Hall–Kier alpha value is -3.51. The van der Waals surface area contributed by atoms with E-state index in [1.807, 2.05) is 18.2 Å². The van der Waals surface area contributed by atoms with Gasteiger partial charge in [0.1, 0.15) is 5.69 Å². The summed E-state index contributed by atoms with van der Waals surface area (Å²) in [6.45, 7) is 2.38. The van der Waals surface area contributed by atoms with Crippen molar-refractivity contribution in [2.75, 3.05) is 6.54 Å². The van der Waals surface area contributed by atoms with Crippen LogP contribution >= 0.6 is 0 Å². The number of amides is 2. The number of halogens is 4. The largest absolute Gasteiger partial charge is 0.352 e. The standard InChI is InChI=1S/C14H15F2N3O.C11H15F2N3O2.C3H6/c15-14(16)5-10(6-14)4-13(20)17-7-9-1-2-11-12(3-9)19-8-18-11;1-7-9(16-18-15-7)10(17)14-5-3-8-2-4-11(12,13)6-8;1-2-3-1/h1-3,8,10H,4-7H2,(H,17,20)(H,18,19);8H,2-6H2,1H3,(H,14,17);1-3H2. The summed E-state index contributed by atoms with van der Waals surface area (Å²) < 4.78 is 55.6. The molecule has 3 aliphatic rings. The average Bonchev–Trinajstić information content (AvgIpc) is 3.48. The summed E-state index contributed by atoms with van der Waals surface area (Å²) in [5.41, 5.74) is 3.30. The normalized spacial score (nSPS) is 20.2. The highest BCUT2D eigenvalue weighted by atomic mass is 19.3. The lowest BCUT2D eigenvalue weighted by Crippen LogP contribution is -2.38. The first-order chi connectivity index (χ1) is 19.5. The number of fused-ring (bicyclic) bond motifs is 1. The zero-order valence-electron chi connectivity index (χ0n) is 23.0. The first kappa shape index (κ1) is 30.4. The van der Waals surface area contributed by atoms with Gasteiger partial charge in [-0.2, -0.15) is 0 Å². The van der Waals surface area contributed by atoms with E-state index in [9.17, 15) is 27.2 Å². The summed E-state index contributed by atoms with van der Waals surface area (Å²) in [6.07, 6.45) is 6.93. The van der Waals surface area contributed by atoms with Crippen molar-refractivity contribution in [3.63, 3.8) is 0 Å². The highest BCUT2D eigenvalue weighted by Gasteiger charge is 2.45. The maximum absolute atomic E-state index is 12.9. The molecule has 3 N–H and O–H groups in total. The molecule has 3 saturated carbocycles. The van der Waals surface area contributed by atoms with Gasteiger partial charge in [-0.1, -0.05) is 30.5 Å². The second kappa shape index (κ2) is 13.4. The number of alkyl halides is 4. The average molecular weight is 581 g/mol. The molecule has 0 spiro atoms. The SMILES string of the molecule is C1CC1.Cc1nonc1C(=O)NCCC1CCC(F)(F)C1.O=C(CC1CC(F)(F)C1)NCc1ccc2nc[nH]c2c1. The topological polar surface area (TPSA) is 126 Å². The van der Waals surface area contributed by atoms with Gasteiger partial charge in [0.2, 0.25) is 17.8 Å². The van der Waals surface area contributed by atoms with Crippen LogP contribution in [0.25, 0.3) is 11.0 Å². The van der Waals surface area contributed by atoms with Crippen molar-refractivity contribution < 1.29 is 31.8 Å². The van der Waals surface area contributed by atoms with Gasteiger partial charge in [0.15, 0.2) is 5.69 Å². The quantitative estimate of drug-likeness (QED) is 0.293. The van der Waals surface area contributed by atoms with Crippen molar-refractivity contribution >= 4 is 22.8 Å². The molecule has 13 heteroatoms. The molecule has 3 fully saturated rings. The summed E-state index contributed by atoms with van der Waals surface area (Å²) in [4.78, 5) is 30.4. The van der Waals surface area contributed by atoms with Crippen LogP contribution in [0, 0.1) is 18.8 Å². The number of hydrogen-bond acceptors (Lipinski definition) is 6. The summed E-state index contributed by atoms with van der Waals surface area (Å²) in [6, 6.07) is 5.68. The molecule has 2 aromatic heterocycles. The van der Waals surface area contributed by atoms with Crippen LogP contribution < -0.4 is 10.6 Å². The minimum atomic E-state index is -2.56. The van der Waals surface area contributed by atoms with E-state index in [-0.39, 0.29) is 61.4 Å². The first-order valence-electron chi connectivity index (χ1n) is 14.0. The molecular weight excluding hydrogens is 544 g/mol. The number of carbonyl (C=O) groups excluding carboxylic acids is 2. The number of nitrogens with one attached hydrogen (secondary N) is 3. The Balaban J connectivity index is 0.000000172. The van der Waals surface area contributed by atoms with Crippen molar-refractivity contribution in [2.24, 2.45) is 11.8 Å². The number of benzene rings is 1. The third kappa shape index (κ3) is 9.82. The number of aromatic nitrogens is 4. The fourth-order valence-corrected chi connectivity index (χ4v) is 4.76. The lowest BCUT2D eigenvalue weighted by Gasteiger charge is -2.34. The van der Waals surface area contributed by atoms with Gasteiger partial charge in [0.25, 0.3) is 5.91 Å². The van der Waals surface area contributed by atoms with Crippen LogP contribution in [-0.2, 0) is 11.3 Å². The van der Waals surface area contributed by atoms with Crippen LogP contribution in [0.3, 0.4) is 0 Å². The molecule has 1 aromatic carbocycles. The van der Waals surface area contributed by atoms with Crippen LogP contribution in [0.5, 0.6) is 0 Å². The number of rotatable bonds is 8. The molecule has 3 aromatic rings. The van der Waals surface area contributed by atoms with Crippen molar-refractivity contribution in [2.45, 2.75) is 89.5 Å². The van der Waals surface area contributed by atoms with Gasteiger partial charge in [0.05, 0.1) is 17.4 Å². The third-order valence-electron chi connectivity index (χ3n) is 7.19. The number of carbonyl (C=O) groups is 2. The van der Waals surface area contributed by atoms with Gasteiger partial charge >= 0.3 is 0 Å². The van der Waals surface area contributed by atoms with E-state index in [1.54, 1.807) is 13.3 Å². The Morgan fingerprint density at radius 2 is 1.76 bits per heavy atom. The molecule has 2 heterocycles. The maximum Gasteiger partial charge on any atom is 0.275 e. The molecule has 224 valence electrons. The molecule has 9 nitrogen and oxygen atoms in total. The zero-order valence-corrected chi connectivity index (χ0v) is 23.0. The fourth-order valence-electron chi connectivity index (χ4n) is 4.76. The lowest BCUT2D eigenvalue weighted by atomic mass is 9.79. The lowest BCUT2D eigenvalue weighted by molar-refractivity contribution is -0.133. The van der Waals surface area contributed by atoms with Crippen molar-refractivity contribution in [3.8, 4) is 0 Å². The van der Waals surface area contributed by atoms with E-state index in [0.717, 1.165) is 16.6 Å². The third-order valence-corrected chi connectivity index (χ3v) is 7.19. The maximum atomic E-state index is 12.9. The molecule has 0 radical (unpaired) electrons. The zero-order chi connectivity index (χ0) is 29.5. The summed E-state index contributed by atoms with van der Waals surface area (Å²) in [5.74, 6) is -5.83. The number of nitrogens with zero attached hydrogens (tertiary/aromatic N) is 3. The monoisotopic (exact) mass is 580 g/mol. The van der Waals surface area contributed by atoms with Crippen LogP contribution in [-0.4, -0.2) is 50.5 Å². The molecule has 0 bridgehead atoms. The summed E-state index contributed by atoms with van der Waals surface area (Å²) in [7, 11) is 0. The van der Waals surface area contributed by atoms with E-state index in [4.69, 9.17) is 0 Å². The van der Waals surface area contributed by atoms with Crippen LogP contribution in [0.2, 0.25) is 0 Å². The highest BCUT2D eigenvalue weighted by Crippen LogP contribution is 2.44. The van der Waals surface area contributed by atoms with E-state index in [2.05, 4.69) is 35.5 Å². The number of imidazole rings is 1. The van der Waals surface area contributed by atoms with Gasteiger partial charge in [-0.3, -0.25) is 9.59 Å². The molecule has 3 aliphatic carbocycles. The number of H-pyrrole nitrogens is 1. The van der Waals surface area contributed by atoms with Crippen LogP contribution in [0.1, 0.15) is 86.0 Å². The van der Waals surface area contributed by atoms with Gasteiger partial charge < -0.3 is 15.6 Å². The Bertz CT molecular complexity index is 1300. The highest BCUT2D eigenvalue weighted by molar-refractivity contribution is 5.92. The van der Waals surface area contributed by atoms with E-state index < -0.39 is 11.8 Å². The molecular formula is C28H36F4N6O3. The minimum absolute atomic E-state index is 0.0168. The van der Waals surface area contributed by atoms with Gasteiger partial charge in [-0.25, -0.2) is 27.2 Å². The Morgan fingerprint density at radius 3 is 2.37 bits per heavy atom. The second-order valence-corrected chi connectivity index (χ2v) is 11.1.